The average Bonchev–Trinajstić information content (AvgIpc) is 2.49. The van der Waals surface area contributed by atoms with E-state index in [0.29, 0.717) is 0 Å². The van der Waals surface area contributed by atoms with Gasteiger partial charge >= 0.3 is 19.1 Å². The van der Waals surface area contributed by atoms with E-state index in [1.165, 1.54) is 4.90 Å². The first-order valence-electron chi connectivity index (χ1n) is 7.69. The van der Waals surface area contributed by atoms with Crippen LogP contribution >= 0.6 is 24.8 Å². The Morgan fingerprint density at radius 3 is 2.27 bits per heavy atom. The SMILES string of the molecule is Cl.Cl.N[C@@H](CCC(=O)O)C(=O)N1C[C@@H](CCB(O)O)C[C@](N)(C(=O)O)C1. The number of rotatable bonds is 8. The number of amides is 1. The maximum absolute atomic E-state index is 12.4. The molecule has 13 heteroatoms. The summed E-state index contributed by atoms with van der Waals surface area (Å²) in [6, 6.07) is -1.05. The van der Waals surface area contributed by atoms with Gasteiger partial charge in [0.05, 0.1) is 6.04 Å². The summed E-state index contributed by atoms with van der Waals surface area (Å²) in [6.45, 7) is -0.0291. The first-order valence-corrected chi connectivity index (χ1v) is 7.69. The van der Waals surface area contributed by atoms with Crippen LogP contribution in [0.2, 0.25) is 6.32 Å². The van der Waals surface area contributed by atoms with Crippen molar-refractivity contribution in [1.82, 2.24) is 4.90 Å². The number of nitrogens with two attached hydrogens (primary N) is 2. The van der Waals surface area contributed by atoms with E-state index in [-0.39, 0.29) is 75.8 Å². The Morgan fingerprint density at radius 1 is 1.23 bits per heavy atom. The number of hydrogen-bond acceptors (Lipinski definition) is 7. The van der Waals surface area contributed by atoms with Gasteiger partial charge in [0, 0.05) is 19.5 Å². The van der Waals surface area contributed by atoms with E-state index in [4.69, 9.17) is 26.6 Å². The number of nitrogens with zero attached hydrogens (tertiary/aromatic N) is 1. The average molecular weight is 418 g/mol. The van der Waals surface area contributed by atoms with Crippen LogP contribution in [0.4, 0.5) is 0 Å². The number of piperidine rings is 1. The second kappa shape index (κ2) is 11.6. The van der Waals surface area contributed by atoms with Crippen molar-refractivity contribution in [2.24, 2.45) is 17.4 Å². The number of hydrogen-bond donors (Lipinski definition) is 6. The number of carboxylic acids is 2. The van der Waals surface area contributed by atoms with Crippen LogP contribution in [0.15, 0.2) is 0 Å². The summed E-state index contributed by atoms with van der Waals surface area (Å²) in [5, 5.41) is 35.9. The molecular weight excluding hydrogens is 392 g/mol. The largest absolute Gasteiger partial charge is 0.481 e. The summed E-state index contributed by atoms with van der Waals surface area (Å²) in [5.41, 5.74) is 9.95. The Kier molecular flexibility index (Phi) is 12.1. The topological polar surface area (TPSA) is 187 Å². The number of carbonyl (C=O) groups excluding carboxylic acids is 1. The van der Waals surface area contributed by atoms with E-state index in [9.17, 15) is 19.5 Å². The minimum Gasteiger partial charge on any atom is -0.481 e. The van der Waals surface area contributed by atoms with E-state index >= 15 is 0 Å². The summed E-state index contributed by atoms with van der Waals surface area (Å²) in [5.74, 6) is -3.21. The minimum absolute atomic E-state index is 0. The molecule has 0 unspecified atom stereocenters. The molecule has 10 nitrogen and oxygen atoms in total. The van der Waals surface area contributed by atoms with Crippen molar-refractivity contribution < 1.29 is 34.6 Å². The van der Waals surface area contributed by atoms with E-state index in [1.807, 2.05) is 0 Å². The zero-order valence-electron chi connectivity index (χ0n) is 14.1. The van der Waals surface area contributed by atoms with Crippen molar-refractivity contribution in [2.75, 3.05) is 13.1 Å². The Bertz CT molecular complexity index is 500. The first kappa shape index (κ1) is 27.1. The van der Waals surface area contributed by atoms with Gasteiger partial charge in [-0.1, -0.05) is 6.42 Å². The van der Waals surface area contributed by atoms with Gasteiger partial charge in [-0.05, 0) is 25.1 Å². The van der Waals surface area contributed by atoms with Crippen molar-refractivity contribution in [2.45, 2.75) is 43.6 Å². The van der Waals surface area contributed by atoms with Crippen LogP contribution in [0.1, 0.15) is 25.7 Å². The molecule has 0 radical (unpaired) electrons. The molecule has 0 spiro atoms. The van der Waals surface area contributed by atoms with Gasteiger partial charge in [0.15, 0.2) is 0 Å². The Labute approximate surface area is 163 Å². The molecular formula is C13H26BCl2N3O7. The van der Waals surface area contributed by atoms with Crippen LogP contribution in [-0.4, -0.2) is 74.8 Å². The molecule has 0 aromatic heterocycles. The molecule has 26 heavy (non-hydrogen) atoms. The number of likely N-dealkylation sites (tertiary alicyclic amines) is 1. The second-order valence-electron chi connectivity index (χ2n) is 6.35. The van der Waals surface area contributed by atoms with Crippen LogP contribution < -0.4 is 11.5 Å². The van der Waals surface area contributed by atoms with Crippen LogP contribution in [0.3, 0.4) is 0 Å². The van der Waals surface area contributed by atoms with Crippen LogP contribution in [0.25, 0.3) is 0 Å². The normalized spacial score (nSPS) is 23.2. The summed E-state index contributed by atoms with van der Waals surface area (Å²) in [6.07, 6.45) is 0.0949. The maximum atomic E-state index is 12.4. The van der Waals surface area contributed by atoms with E-state index in [1.54, 1.807) is 0 Å². The molecule has 1 amide bonds. The Hall–Kier alpha value is -1.11. The second-order valence-corrected chi connectivity index (χ2v) is 6.35. The molecule has 152 valence electrons. The molecule has 0 aromatic carbocycles. The van der Waals surface area contributed by atoms with Gasteiger partial charge in [-0.15, -0.1) is 24.8 Å². The highest BCUT2D eigenvalue weighted by atomic mass is 35.5. The molecule has 1 aliphatic heterocycles. The van der Waals surface area contributed by atoms with E-state index in [0.717, 1.165) is 0 Å². The lowest BCUT2D eigenvalue weighted by atomic mass is 9.75. The fourth-order valence-corrected chi connectivity index (χ4v) is 2.90. The van der Waals surface area contributed by atoms with Crippen molar-refractivity contribution >= 4 is 49.8 Å². The van der Waals surface area contributed by atoms with E-state index in [2.05, 4.69) is 0 Å². The lowest BCUT2D eigenvalue weighted by Crippen LogP contribution is -2.64. The summed E-state index contributed by atoms with van der Waals surface area (Å²) < 4.78 is 0. The molecule has 1 aliphatic rings. The van der Waals surface area contributed by atoms with Crippen molar-refractivity contribution in [3.05, 3.63) is 0 Å². The fourth-order valence-electron chi connectivity index (χ4n) is 2.90. The van der Waals surface area contributed by atoms with E-state index < -0.39 is 36.5 Å². The van der Waals surface area contributed by atoms with Gasteiger partial charge < -0.3 is 36.6 Å². The van der Waals surface area contributed by atoms with Crippen molar-refractivity contribution in [3.8, 4) is 0 Å². The van der Waals surface area contributed by atoms with Gasteiger partial charge in [0.2, 0.25) is 5.91 Å². The van der Waals surface area contributed by atoms with Gasteiger partial charge in [0.1, 0.15) is 5.54 Å². The molecule has 0 aliphatic carbocycles. The van der Waals surface area contributed by atoms with Gasteiger partial charge in [-0.25, -0.2) is 0 Å². The molecule has 1 fully saturated rings. The number of halogens is 2. The minimum atomic E-state index is -1.65. The molecule has 8 N–H and O–H groups in total. The predicted octanol–water partition coefficient (Wildman–Crippen LogP) is -1.48. The first-order chi connectivity index (χ1) is 11.0. The summed E-state index contributed by atoms with van der Waals surface area (Å²) in [7, 11) is -1.52. The Morgan fingerprint density at radius 2 is 1.81 bits per heavy atom. The third kappa shape index (κ3) is 8.06. The summed E-state index contributed by atoms with van der Waals surface area (Å²) >= 11 is 0. The molecule has 3 atom stereocenters. The van der Waals surface area contributed by atoms with Gasteiger partial charge in [0.25, 0.3) is 0 Å². The number of aliphatic carboxylic acids is 2. The third-order valence-corrected chi connectivity index (χ3v) is 4.16. The van der Waals surface area contributed by atoms with Crippen LogP contribution in [0, 0.1) is 5.92 Å². The monoisotopic (exact) mass is 417 g/mol. The predicted molar refractivity (Wildman–Crippen MR) is 98.2 cm³/mol. The van der Waals surface area contributed by atoms with Crippen LogP contribution in [0.5, 0.6) is 0 Å². The molecule has 0 saturated carbocycles. The Balaban J connectivity index is 0. The lowest BCUT2D eigenvalue weighted by molar-refractivity contribution is -0.149. The quantitative estimate of drug-likeness (QED) is 0.256. The molecule has 0 bridgehead atoms. The highest BCUT2D eigenvalue weighted by Gasteiger charge is 2.44. The van der Waals surface area contributed by atoms with Gasteiger partial charge in [-0.3, -0.25) is 14.4 Å². The molecule has 1 rings (SSSR count). The molecule has 1 saturated heterocycles. The zero-order valence-corrected chi connectivity index (χ0v) is 15.7. The van der Waals surface area contributed by atoms with Crippen molar-refractivity contribution in [3.63, 3.8) is 0 Å². The smallest absolute Gasteiger partial charge is 0.451 e. The molecule has 1 heterocycles. The standard InChI is InChI=1S/C13H24BN3O7.2ClH/c15-9(1-2-10(18)19)11(20)17-6-8(3-4-14(23)24)5-13(16,7-17)12(21)22;;/h8-9,23-24H,1-7,15-16H2,(H,18,19)(H,21,22);2*1H/t8-,9-,13+;;/m0../s1. The van der Waals surface area contributed by atoms with Crippen LogP contribution in [-0.2, 0) is 14.4 Å². The van der Waals surface area contributed by atoms with Crippen molar-refractivity contribution in [1.29, 1.82) is 0 Å². The summed E-state index contributed by atoms with van der Waals surface area (Å²) in [4.78, 5) is 35.6. The zero-order chi connectivity index (χ0) is 18.5. The van der Waals surface area contributed by atoms with Gasteiger partial charge in [-0.2, -0.15) is 0 Å². The maximum Gasteiger partial charge on any atom is 0.451 e. The number of carbonyl (C=O) groups is 3. The fraction of sp³-hybridized carbons (Fsp3) is 0.769. The number of carboxylic acid groups (broad SMARTS) is 2. The highest BCUT2D eigenvalue weighted by molar-refractivity contribution is 6.40. The molecule has 0 aromatic rings. The highest BCUT2D eigenvalue weighted by Crippen LogP contribution is 2.28. The third-order valence-electron chi connectivity index (χ3n) is 4.16. The lowest BCUT2D eigenvalue weighted by Gasteiger charge is -2.42.